The van der Waals surface area contributed by atoms with E-state index in [4.69, 9.17) is 53.6 Å². The van der Waals surface area contributed by atoms with Crippen molar-refractivity contribution in [2.75, 3.05) is 59.5 Å². The summed E-state index contributed by atoms with van der Waals surface area (Å²) in [7, 11) is 0. The molecule has 14 aliphatic rings. The molecule has 0 amide bonds. The van der Waals surface area contributed by atoms with Crippen LogP contribution in [0.4, 0.5) is 0 Å². The van der Waals surface area contributed by atoms with Gasteiger partial charge in [0, 0.05) is 12.3 Å². The first kappa shape index (κ1) is 138. The maximum absolute atomic E-state index is 10.6. The van der Waals surface area contributed by atoms with Gasteiger partial charge in [-0.1, -0.05) is 199 Å². The number of rotatable bonds is 21. The molecule has 0 aromatic rings. The van der Waals surface area contributed by atoms with Crippen molar-refractivity contribution in [3.8, 4) is 0 Å². The highest BCUT2D eigenvalue weighted by Gasteiger charge is 2.50. The molecule has 0 aromatic heterocycles. The average Bonchev–Trinajstić information content (AvgIpc) is 1.65. The number of hydrogen-bond acceptors (Lipinski definition) is 21. The number of aliphatic hydroxyl groups is 12. The maximum atomic E-state index is 10.6. The normalized spacial score (nSPS) is 34.9. The van der Waals surface area contributed by atoms with E-state index in [1.54, 1.807) is 13.8 Å². The number of aliphatic hydroxyl groups excluding tert-OH is 8. The molecule has 23 heteroatoms. The highest BCUT2D eigenvalue weighted by atomic mass is 16.6. The van der Waals surface area contributed by atoms with Gasteiger partial charge in [0.05, 0.1) is 143 Å². The molecule has 0 bridgehead atoms. The van der Waals surface area contributed by atoms with E-state index in [0.717, 1.165) is 200 Å². The summed E-state index contributed by atoms with van der Waals surface area (Å²) in [5, 5.41) is 131. The zero-order valence-corrected chi connectivity index (χ0v) is 97.5. The summed E-state index contributed by atoms with van der Waals surface area (Å²) in [4.78, 5) is 21.1. The maximum Gasteiger partial charge on any atom is 0.306 e. The van der Waals surface area contributed by atoms with Crippen LogP contribution in [0.15, 0.2) is 0 Å². The Hall–Kier alpha value is -1.82. The third kappa shape index (κ3) is 51.3. The lowest BCUT2D eigenvalue weighted by molar-refractivity contribution is -0.179. The van der Waals surface area contributed by atoms with Gasteiger partial charge in [0.1, 0.15) is 24.4 Å². The van der Waals surface area contributed by atoms with E-state index in [9.17, 15) is 60.7 Å². The van der Waals surface area contributed by atoms with Crippen molar-refractivity contribution < 1.29 is 114 Å². The van der Waals surface area contributed by atoms with Gasteiger partial charge in [0.15, 0.2) is 0 Å². The van der Waals surface area contributed by atoms with Crippen molar-refractivity contribution in [3.05, 3.63) is 0 Å². The molecule has 858 valence electrons. The molecule has 7 aliphatic heterocycles. The molecule has 22 unspecified atom stereocenters. The molecule has 22 atom stereocenters. The van der Waals surface area contributed by atoms with E-state index in [1.165, 1.54) is 89.9 Å². The molecule has 14 rings (SSSR count). The second kappa shape index (κ2) is 68.5. The predicted octanol–water partition coefficient (Wildman–Crippen LogP) is 23.2. The summed E-state index contributed by atoms with van der Waals surface area (Å²) in [6, 6.07) is 0. The van der Waals surface area contributed by atoms with Crippen molar-refractivity contribution in [1.29, 1.82) is 0 Å². The standard InChI is InChI=1S/2C12H24O.C11H22O3.C11H20O2.C10H18O2.C10H20O2.C10H18O2.C9H16O3.C9H18O3.2C9H18O.C8H16O2.CH4/c1-9(2)10-5-7-11(8-6-10)12(3,4)13;1-9(2)10-6-5-7-11(8-10)12(3,4)13;1-7(2)8-5-9(12)10(14-6-8)11(3,4)13;1-8(2)10-5-3-9(4-6-10)7-11(12)13;1-6(2)8-5-12-10-7(8)3-4-9(10)11;1-7(2)8-5-9(12-6-8)10(3,4)11;1-7(2)8-3-5-9(6-4-8)10(11)12;1-5(2)6-3-11-9-7(10)4-12-8(6)9;1-6(2)7-3-8(11)9(4-10)12-5-7;1-7(2)8-3-5-9(10)6-4-8;1-7(2)8-4-3-5-9(10)6-8;1-6(2)7-3-8(4-9)10-5-7;/h2*9-11,13H,5-8H2,1-4H3;7-10,12-13H,5-6H2,1-4H3;8-10H,3-7H2,1-2H3,(H,12,13);6-11H,3-5H2,1-2H3;7-9,11H,5-6H2,1-4H3;7-9H,3-6H2,1-2H3,(H,11,12);5-10H,3-4H2,1-2H3;6-11H,3-5H2,1-2H3;2*7-10H,3-6H2,1-2H3;6-9H,3-5H2,1-2H3;1H4. The third-order valence-electron chi connectivity index (χ3n) is 36.1. The van der Waals surface area contributed by atoms with Gasteiger partial charge in [-0.05, 0) is 382 Å². The van der Waals surface area contributed by atoms with Gasteiger partial charge in [-0.15, -0.1) is 0 Å². The van der Waals surface area contributed by atoms with Crippen molar-refractivity contribution in [2.24, 2.45) is 172 Å². The number of aliphatic carboxylic acids is 2. The van der Waals surface area contributed by atoms with E-state index >= 15 is 0 Å². The van der Waals surface area contributed by atoms with E-state index in [1.807, 2.05) is 41.5 Å². The molecule has 7 aliphatic carbocycles. The molecule has 7 saturated heterocycles. The van der Waals surface area contributed by atoms with Crippen LogP contribution in [0.2, 0.25) is 0 Å². The Morgan fingerprint density at radius 3 is 1.06 bits per heavy atom. The van der Waals surface area contributed by atoms with Crippen LogP contribution in [-0.2, 0) is 42.7 Å². The van der Waals surface area contributed by atoms with Gasteiger partial charge in [0.25, 0.3) is 0 Å². The average molecular weight is 2060 g/mol. The topological polar surface area (TPSA) is 382 Å². The highest BCUT2D eigenvalue weighted by Crippen LogP contribution is 2.46. The summed E-state index contributed by atoms with van der Waals surface area (Å²) >= 11 is 0. The fourth-order valence-electron chi connectivity index (χ4n) is 24.1. The SMILES string of the molecule is C.CC(C)C1CCC(C(=O)O)CC1.CC(C)C1CCC(C(C)(C)O)CC1.CC(C)C1CCC(CC(=O)O)CC1.CC(C)C1CCC(O)CC1.CC(C)C1CCCC(C(C)(C)O)C1.CC(C)C1CCCC(O)C1.CC(C)C1COC(C(C)(C)O)C(O)C1.CC(C)C1COC(C(C)(C)O)C1.CC(C)C1COC(CO)C(O)C1.CC(C)C1COC(CO)C1.CC(C)C1COC2C(O)CCC12.CC(C)C1COC2C(O)COC12. The minimum absolute atomic E-state index is 0. The summed E-state index contributed by atoms with van der Waals surface area (Å²) in [6.07, 6.45) is 32.0. The molecule has 7 heterocycles. The minimum Gasteiger partial charge on any atom is -0.481 e. The number of hydrogen-bond donors (Lipinski definition) is 14. The van der Waals surface area contributed by atoms with Crippen molar-refractivity contribution in [1.82, 2.24) is 0 Å². The van der Waals surface area contributed by atoms with Crippen LogP contribution in [0, 0.1) is 172 Å². The van der Waals surface area contributed by atoms with Crippen LogP contribution in [0.3, 0.4) is 0 Å². The Balaban J connectivity index is 0.000000531. The third-order valence-corrected chi connectivity index (χ3v) is 36.1. The van der Waals surface area contributed by atoms with E-state index in [-0.39, 0.29) is 81.5 Å². The van der Waals surface area contributed by atoms with Gasteiger partial charge < -0.3 is 105 Å². The lowest BCUT2D eigenvalue weighted by Gasteiger charge is -2.40. The lowest BCUT2D eigenvalue weighted by Crippen LogP contribution is -2.51. The minimum atomic E-state index is -0.957. The Kier molecular flexibility index (Phi) is 65.8. The summed E-state index contributed by atoms with van der Waals surface area (Å²) in [5.41, 5.74) is -2.56. The molecule has 23 nitrogen and oxygen atoms in total. The van der Waals surface area contributed by atoms with Gasteiger partial charge in [0.2, 0.25) is 0 Å². The lowest BCUT2D eigenvalue weighted by atomic mass is 9.71. The molecule has 0 radical (unpaired) electrons. The molecule has 7 saturated carbocycles. The van der Waals surface area contributed by atoms with E-state index in [0.29, 0.717) is 121 Å². The smallest absolute Gasteiger partial charge is 0.306 e. The van der Waals surface area contributed by atoms with Crippen LogP contribution < -0.4 is 0 Å². The summed E-state index contributed by atoms with van der Waals surface area (Å²) in [5.74, 6) is 17.5. The zero-order chi connectivity index (χ0) is 109. The highest BCUT2D eigenvalue weighted by molar-refractivity contribution is 5.70. The van der Waals surface area contributed by atoms with E-state index < -0.39 is 58.8 Å². The number of fused-ring (bicyclic) bond motifs is 2. The van der Waals surface area contributed by atoms with Crippen LogP contribution in [-0.4, -0.2) is 245 Å². The molecule has 14 fully saturated rings. The monoisotopic (exact) mass is 2060 g/mol. The van der Waals surface area contributed by atoms with Crippen LogP contribution in [0.25, 0.3) is 0 Å². The zero-order valence-electron chi connectivity index (χ0n) is 97.5. The Labute approximate surface area is 882 Å². The first-order chi connectivity index (χ1) is 66.4. The molecule has 0 aromatic carbocycles. The molecule has 14 N–H and O–H groups in total. The predicted molar refractivity (Wildman–Crippen MR) is 586 cm³/mol. The molecule has 0 spiro atoms. The number of carboxylic acid groups (broad SMARTS) is 2. The number of ether oxygens (including phenoxy) is 7. The second-order valence-corrected chi connectivity index (χ2v) is 53.2. The first-order valence-corrected chi connectivity index (χ1v) is 58.4. The van der Waals surface area contributed by atoms with Gasteiger partial charge >= 0.3 is 11.9 Å². The Morgan fingerprint density at radius 2 is 0.688 bits per heavy atom. The molecule has 144 heavy (non-hydrogen) atoms. The van der Waals surface area contributed by atoms with Crippen LogP contribution in [0.5, 0.6) is 0 Å². The van der Waals surface area contributed by atoms with Gasteiger partial charge in [-0.3, -0.25) is 9.59 Å². The van der Waals surface area contributed by atoms with Crippen molar-refractivity contribution in [2.45, 2.75) is 530 Å². The second-order valence-electron chi connectivity index (χ2n) is 53.2. The van der Waals surface area contributed by atoms with Crippen molar-refractivity contribution in [3.63, 3.8) is 0 Å². The molecular weight excluding hydrogens is 1820 g/mol. The van der Waals surface area contributed by atoms with Crippen LogP contribution >= 0.6 is 0 Å². The Morgan fingerprint density at radius 1 is 0.292 bits per heavy atom. The van der Waals surface area contributed by atoms with E-state index in [2.05, 4.69) is 166 Å². The Bertz CT molecular complexity index is 3170. The molecular formula is C121H236O23. The quantitative estimate of drug-likeness (QED) is 0.0507. The first-order valence-electron chi connectivity index (χ1n) is 58.4. The number of carbonyl (C=O) groups is 2. The van der Waals surface area contributed by atoms with Crippen molar-refractivity contribution >= 4 is 11.9 Å². The fourth-order valence-corrected chi connectivity index (χ4v) is 24.1. The van der Waals surface area contributed by atoms with Gasteiger partial charge in [-0.2, -0.15) is 0 Å². The van der Waals surface area contributed by atoms with Gasteiger partial charge in [-0.25, -0.2) is 0 Å². The largest absolute Gasteiger partial charge is 0.481 e. The number of carboxylic acids is 2. The summed E-state index contributed by atoms with van der Waals surface area (Å²) in [6.45, 7) is 73.4. The van der Waals surface area contributed by atoms with Crippen LogP contribution in [0.1, 0.15) is 428 Å². The fraction of sp³-hybridized carbons (Fsp3) is 0.983. The summed E-state index contributed by atoms with van der Waals surface area (Å²) < 4.78 is 38.3.